The van der Waals surface area contributed by atoms with E-state index in [4.69, 9.17) is 4.74 Å². The molecular weight excluding hydrogens is 296 g/mol. The molecule has 0 unspecified atom stereocenters. The number of aromatic nitrogens is 3. The number of ether oxygens (including phenoxy) is 1. The molecule has 0 radical (unpaired) electrons. The van der Waals surface area contributed by atoms with Gasteiger partial charge in [-0.1, -0.05) is 0 Å². The summed E-state index contributed by atoms with van der Waals surface area (Å²) in [5, 5.41) is 2.84. The Kier molecular flexibility index (Phi) is 4.51. The Hall–Kier alpha value is -2.90. The number of nitrogens with zero attached hydrogens (tertiary/aromatic N) is 5. The molecule has 0 saturated carbocycles. The predicted octanol–water partition coefficient (Wildman–Crippen LogP) is 1.23. The molecule has 0 atom stereocenters. The van der Waals surface area contributed by atoms with Crippen molar-refractivity contribution in [2.45, 2.75) is 0 Å². The number of piperazine rings is 1. The molecule has 0 spiro atoms. The van der Waals surface area contributed by atoms with Crippen LogP contribution in [0.3, 0.4) is 0 Å². The lowest BCUT2D eigenvalue weighted by Gasteiger charge is -2.34. The number of carbonyl (C=O) groups excluding carboxylic acids is 1. The average Bonchev–Trinajstić information content (AvgIpc) is 2.63. The highest BCUT2D eigenvalue weighted by Gasteiger charge is 2.23. The number of hydrogen-bond donors (Lipinski definition) is 1. The van der Waals surface area contributed by atoms with Crippen LogP contribution in [0.15, 0.2) is 36.8 Å². The number of pyridine rings is 1. The Bertz CT molecular complexity index is 658. The zero-order chi connectivity index (χ0) is 16.1. The zero-order valence-electron chi connectivity index (χ0n) is 12.8. The summed E-state index contributed by atoms with van der Waals surface area (Å²) >= 11 is 0. The van der Waals surface area contributed by atoms with E-state index >= 15 is 0 Å². The van der Waals surface area contributed by atoms with E-state index in [1.54, 1.807) is 41.7 Å². The van der Waals surface area contributed by atoms with Crippen molar-refractivity contribution < 1.29 is 9.53 Å². The van der Waals surface area contributed by atoms with Gasteiger partial charge in [0.25, 0.3) is 0 Å². The number of rotatable bonds is 3. The first-order chi connectivity index (χ1) is 11.3. The first-order valence-electron chi connectivity index (χ1n) is 7.35. The molecule has 0 aliphatic carbocycles. The van der Waals surface area contributed by atoms with E-state index in [1.807, 2.05) is 0 Å². The van der Waals surface area contributed by atoms with Crippen LogP contribution in [0.4, 0.5) is 16.4 Å². The highest BCUT2D eigenvalue weighted by atomic mass is 16.5. The predicted molar refractivity (Wildman–Crippen MR) is 85.6 cm³/mol. The Labute approximate surface area is 134 Å². The van der Waals surface area contributed by atoms with Crippen LogP contribution in [0.2, 0.25) is 0 Å². The summed E-state index contributed by atoms with van der Waals surface area (Å²) in [5.41, 5.74) is 0.564. The number of urea groups is 1. The molecule has 0 bridgehead atoms. The number of nitrogens with one attached hydrogen (secondary N) is 1. The van der Waals surface area contributed by atoms with Crippen molar-refractivity contribution >= 4 is 17.7 Å². The van der Waals surface area contributed by atoms with Gasteiger partial charge in [0.05, 0.1) is 7.11 Å². The summed E-state index contributed by atoms with van der Waals surface area (Å²) in [4.78, 5) is 28.7. The second-order valence-corrected chi connectivity index (χ2v) is 5.01. The van der Waals surface area contributed by atoms with Crippen LogP contribution >= 0.6 is 0 Å². The molecule has 8 heteroatoms. The first-order valence-corrected chi connectivity index (χ1v) is 7.35. The largest absolute Gasteiger partial charge is 0.480 e. The Morgan fingerprint density at radius 3 is 2.48 bits per heavy atom. The van der Waals surface area contributed by atoms with Crippen LogP contribution in [0.5, 0.6) is 5.88 Å². The Morgan fingerprint density at radius 2 is 1.78 bits per heavy atom. The second-order valence-electron chi connectivity index (χ2n) is 5.01. The fourth-order valence-electron chi connectivity index (χ4n) is 2.41. The highest BCUT2D eigenvalue weighted by Crippen LogP contribution is 2.20. The quantitative estimate of drug-likeness (QED) is 0.917. The van der Waals surface area contributed by atoms with Gasteiger partial charge in [0.1, 0.15) is 5.69 Å². The maximum absolute atomic E-state index is 12.4. The molecule has 8 nitrogen and oxygen atoms in total. The maximum Gasteiger partial charge on any atom is 0.322 e. The van der Waals surface area contributed by atoms with Crippen LogP contribution < -0.4 is 15.0 Å². The maximum atomic E-state index is 12.4. The third-order valence-corrected chi connectivity index (χ3v) is 3.61. The van der Waals surface area contributed by atoms with E-state index in [2.05, 4.69) is 25.2 Å². The van der Waals surface area contributed by atoms with Crippen LogP contribution in [0.25, 0.3) is 0 Å². The van der Waals surface area contributed by atoms with Gasteiger partial charge in [-0.15, -0.1) is 0 Å². The van der Waals surface area contributed by atoms with Gasteiger partial charge >= 0.3 is 6.03 Å². The van der Waals surface area contributed by atoms with Crippen LogP contribution in [0.1, 0.15) is 0 Å². The normalized spacial score (nSPS) is 14.5. The first kappa shape index (κ1) is 15.0. The molecule has 3 heterocycles. The van der Waals surface area contributed by atoms with Gasteiger partial charge in [-0.05, 0) is 18.2 Å². The molecule has 3 rings (SSSR count). The molecule has 1 aliphatic heterocycles. The van der Waals surface area contributed by atoms with E-state index in [0.29, 0.717) is 43.7 Å². The summed E-state index contributed by atoms with van der Waals surface area (Å²) in [6.45, 7) is 2.60. The van der Waals surface area contributed by atoms with E-state index < -0.39 is 0 Å². The summed E-state index contributed by atoms with van der Waals surface area (Å²) < 4.78 is 5.14. The molecule has 2 aromatic rings. The lowest BCUT2D eigenvalue weighted by molar-refractivity contribution is 0.207. The van der Waals surface area contributed by atoms with Crippen LogP contribution in [-0.4, -0.2) is 59.2 Å². The van der Waals surface area contributed by atoms with Crippen molar-refractivity contribution in [1.82, 2.24) is 19.9 Å². The van der Waals surface area contributed by atoms with Gasteiger partial charge < -0.3 is 19.9 Å². The molecule has 1 fully saturated rings. The van der Waals surface area contributed by atoms with Gasteiger partial charge in [0.15, 0.2) is 0 Å². The average molecular weight is 314 g/mol. The SMILES string of the molecule is COc1ncccc1NC(=O)N1CCN(c2ncccn2)CC1. The number of methoxy groups -OCH3 is 1. The van der Waals surface area contributed by atoms with E-state index in [-0.39, 0.29) is 6.03 Å². The molecule has 23 heavy (non-hydrogen) atoms. The monoisotopic (exact) mass is 314 g/mol. The number of anilines is 2. The Balaban J connectivity index is 1.58. The smallest absolute Gasteiger partial charge is 0.322 e. The number of amides is 2. The lowest BCUT2D eigenvalue weighted by atomic mass is 10.3. The van der Waals surface area contributed by atoms with Gasteiger partial charge in [-0.25, -0.2) is 19.7 Å². The van der Waals surface area contributed by atoms with E-state index in [1.165, 1.54) is 7.11 Å². The fourth-order valence-corrected chi connectivity index (χ4v) is 2.41. The minimum absolute atomic E-state index is 0.162. The lowest BCUT2D eigenvalue weighted by Crippen LogP contribution is -2.50. The van der Waals surface area contributed by atoms with Gasteiger partial charge in [-0.3, -0.25) is 0 Å². The van der Waals surface area contributed by atoms with Crippen LogP contribution in [-0.2, 0) is 0 Å². The summed E-state index contributed by atoms with van der Waals surface area (Å²) in [5.74, 6) is 1.10. The minimum atomic E-state index is -0.162. The topological polar surface area (TPSA) is 83.5 Å². The van der Waals surface area contributed by atoms with Crippen molar-refractivity contribution in [2.75, 3.05) is 43.5 Å². The molecular formula is C15H18N6O2. The summed E-state index contributed by atoms with van der Waals surface area (Å²) in [6, 6.07) is 5.14. The minimum Gasteiger partial charge on any atom is -0.480 e. The van der Waals surface area contributed by atoms with E-state index in [0.717, 1.165) is 0 Å². The number of hydrogen-bond acceptors (Lipinski definition) is 6. The molecule has 2 aromatic heterocycles. The van der Waals surface area contributed by atoms with Crippen molar-refractivity contribution in [3.63, 3.8) is 0 Å². The zero-order valence-corrected chi connectivity index (χ0v) is 12.8. The summed E-state index contributed by atoms with van der Waals surface area (Å²) in [6.07, 6.45) is 5.05. The van der Waals surface area contributed by atoms with Crippen molar-refractivity contribution in [3.8, 4) is 5.88 Å². The van der Waals surface area contributed by atoms with Gasteiger partial charge in [0.2, 0.25) is 11.8 Å². The van der Waals surface area contributed by atoms with E-state index in [9.17, 15) is 4.79 Å². The third-order valence-electron chi connectivity index (χ3n) is 3.61. The van der Waals surface area contributed by atoms with Crippen molar-refractivity contribution in [2.24, 2.45) is 0 Å². The summed E-state index contributed by atoms with van der Waals surface area (Å²) in [7, 11) is 1.52. The second kappa shape index (κ2) is 6.91. The molecule has 1 N–H and O–H groups in total. The van der Waals surface area contributed by atoms with Crippen molar-refractivity contribution in [3.05, 3.63) is 36.8 Å². The molecule has 1 aliphatic rings. The van der Waals surface area contributed by atoms with Crippen LogP contribution in [0, 0.1) is 0 Å². The molecule has 2 amide bonds. The Morgan fingerprint density at radius 1 is 1.09 bits per heavy atom. The van der Waals surface area contributed by atoms with Gasteiger partial charge in [-0.2, -0.15) is 0 Å². The third kappa shape index (κ3) is 3.47. The fraction of sp³-hybridized carbons (Fsp3) is 0.333. The molecule has 120 valence electrons. The standard InChI is InChI=1S/C15H18N6O2/c1-23-13-12(4-2-5-16-13)19-15(22)21-10-8-20(9-11-21)14-17-6-3-7-18-14/h2-7H,8-11H2,1H3,(H,19,22). The molecule has 1 saturated heterocycles. The van der Waals surface area contributed by atoms with Gasteiger partial charge in [0, 0.05) is 44.8 Å². The molecule has 0 aromatic carbocycles. The van der Waals surface area contributed by atoms with Crippen molar-refractivity contribution in [1.29, 1.82) is 0 Å². The highest BCUT2D eigenvalue weighted by molar-refractivity contribution is 5.90. The number of carbonyl (C=O) groups is 1.